The third-order valence-corrected chi connectivity index (χ3v) is 2.94. The number of nitrogens with zero attached hydrogens (tertiary/aromatic N) is 1. The van der Waals surface area contributed by atoms with Gasteiger partial charge in [-0.3, -0.25) is 4.79 Å². The number of carbonyl (C=O) groups is 1. The second kappa shape index (κ2) is 4.49. The molecule has 0 aliphatic carbocycles. The molecular formula is C14H20N2O. The van der Waals surface area contributed by atoms with Crippen molar-refractivity contribution in [2.75, 3.05) is 11.4 Å². The Hall–Kier alpha value is -1.35. The van der Waals surface area contributed by atoms with Crippen LogP contribution in [0.1, 0.15) is 32.8 Å². The highest BCUT2D eigenvalue weighted by Crippen LogP contribution is 2.26. The molecule has 0 radical (unpaired) electrons. The first-order chi connectivity index (χ1) is 7.97. The van der Waals surface area contributed by atoms with Gasteiger partial charge in [0.2, 0.25) is 5.91 Å². The van der Waals surface area contributed by atoms with Gasteiger partial charge in [0.15, 0.2) is 0 Å². The van der Waals surface area contributed by atoms with E-state index >= 15 is 0 Å². The minimum Gasteiger partial charge on any atom is -0.312 e. The maximum atomic E-state index is 11.5. The van der Waals surface area contributed by atoms with Gasteiger partial charge in [-0.05, 0) is 32.4 Å². The van der Waals surface area contributed by atoms with Crippen molar-refractivity contribution in [3.05, 3.63) is 29.8 Å². The van der Waals surface area contributed by atoms with Crippen LogP contribution in [0.4, 0.5) is 5.69 Å². The molecule has 1 heterocycles. The largest absolute Gasteiger partial charge is 0.312 e. The lowest BCUT2D eigenvalue weighted by Gasteiger charge is -2.33. The summed E-state index contributed by atoms with van der Waals surface area (Å²) in [5.41, 5.74) is 2.34. The van der Waals surface area contributed by atoms with E-state index in [9.17, 15) is 4.79 Å². The molecule has 0 bridgehead atoms. The van der Waals surface area contributed by atoms with Crippen LogP contribution in [-0.2, 0) is 11.3 Å². The van der Waals surface area contributed by atoms with Crippen molar-refractivity contribution in [2.24, 2.45) is 0 Å². The molecule has 0 atom stereocenters. The Morgan fingerprint density at radius 2 is 2.00 bits per heavy atom. The summed E-state index contributed by atoms with van der Waals surface area (Å²) in [4.78, 5) is 13.4. The summed E-state index contributed by atoms with van der Waals surface area (Å²) in [5, 5.41) is 3.46. The second-order valence-corrected chi connectivity index (χ2v) is 5.53. The Morgan fingerprint density at radius 3 is 2.53 bits per heavy atom. The Kier molecular flexibility index (Phi) is 3.20. The predicted octanol–water partition coefficient (Wildman–Crippen LogP) is 2.31. The normalized spacial score (nSPS) is 15.9. The first-order valence-corrected chi connectivity index (χ1v) is 6.11. The number of para-hydroxylation sites is 1. The van der Waals surface area contributed by atoms with Crippen LogP contribution in [0.5, 0.6) is 0 Å². The second-order valence-electron chi connectivity index (χ2n) is 5.53. The van der Waals surface area contributed by atoms with Crippen LogP contribution in [0.2, 0.25) is 0 Å². The van der Waals surface area contributed by atoms with E-state index < -0.39 is 0 Å². The molecule has 1 aromatic carbocycles. The van der Waals surface area contributed by atoms with Gasteiger partial charge in [-0.2, -0.15) is 0 Å². The molecule has 3 heteroatoms. The van der Waals surface area contributed by atoms with Crippen molar-refractivity contribution in [1.29, 1.82) is 0 Å². The topological polar surface area (TPSA) is 32.3 Å². The average Bonchev–Trinajstić information content (AvgIpc) is 2.25. The fraction of sp³-hybridized carbons (Fsp3) is 0.500. The van der Waals surface area contributed by atoms with Gasteiger partial charge in [0, 0.05) is 30.7 Å². The molecule has 0 saturated carbocycles. The van der Waals surface area contributed by atoms with Crippen molar-refractivity contribution in [3.8, 4) is 0 Å². The summed E-state index contributed by atoms with van der Waals surface area (Å²) in [5.74, 6) is 0.230. The lowest BCUT2D eigenvalue weighted by molar-refractivity contribution is -0.122. The van der Waals surface area contributed by atoms with E-state index in [4.69, 9.17) is 0 Å². The number of benzene rings is 1. The maximum absolute atomic E-state index is 11.5. The zero-order chi connectivity index (χ0) is 12.5. The zero-order valence-electron chi connectivity index (χ0n) is 10.8. The molecule has 2 rings (SSSR count). The number of hydrogen-bond acceptors (Lipinski definition) is 2. The number of carbonyl (C=O) groups excluding carboxylic acids is 1. The van der Waals surface area contributed by atoms with Crippen molar-refractivity contribution < 1.29 is 4.79 Å². The molecule has 3 nitrogen and oxygen atoms in total. The first-order valence-electron chi connectivity index (χ1n) is 6.11. The fourth-order valence-corrected chi connectivity index (χ4v) is 1.85. The van der Waals surface area contributed by atoms with E-state index in [2.05, 4.69) is 32.2 Å². The van der Waals surface area contributed by atoms with Crippen LogP contribution in [0.3, 0.4) is 0 Å². The summed E-state index contributed by atoms with van der Waals surface area (Å²) in [6.45, 7) is 8.08. The summed E-state index contributed by atoms with van der Waals surface area (Å²) < 4.78 is 0. The van der Waals surface area contributed by atoms with Gasteiger partial charge in [0.1, 0.15) is 0 Å². The van der Waals surface area contributed by atoms with E-state index in [-0.39, 0.29) is 11.4 Å². The minimum atomic E-state index is 0.0894. The van der Waals surface area contributed by atoms with Gasteiger partial charge in [0.05, 0.1) is 0 Å². The quantitative estimate of drug-likeness (QED) is 0.811. The Bertz CT molecular complexity index is 420. The molecule has 17 heavy (non-hydrogen) atoms. The van der Waals surface area contributed by atoms with E-state index in [1.54, 1.807) is 0 Å². The third-order valence-electron chi connectivity index (χ3n) is 2.94. The van der Waals surface area contributed by atoms with Crippen LogP contribution in [0, 0.1) is 0 Å². The lowest BCUT2D eigenvalue weighted by atomic mass is 10.1. The van der Waals surface area contributed by atoms with E-state index in [1.165, 1.54) is 5.56 Å². The van der Waals surface area contributed by atoms with Crippen LogP contribution in [-0.4, -0.2) is 18.0 Å². The Labute approximate surface area is 103 Å². The molecule has 1 amide bonds. The van der Waals surface area contributed by atoms with Crippen LogP contribution in [0.15, 0.2) is 24.3 Å². The monoisotopic (exact) mass is 232 g/mol. The zero-order valence-corrected chi connectivity index (χ0v) is 10.8. The Morgan fingerprint density at radius 1 is 1.29 bits per heavy atom. The number of nitrogens with one attached hydrogen (secondary N) is 1. The van der Waals surface area contributed by atoms with Crippen LogP contribution in [0.25, 0.3) is 0 Å². The highest BCUT2D eigenvalue weighted by atomic mass is 16.2. The molecule has 0 spiro atoms. The highest BCUT2D eigenvalue weighted by molar-refractivity contribution is 5.99. The summed E-state index contributed by atoms with van der Waals surface area (Å²) >= 11 is 0. The maximum Gasteiger partial charge on any atom is 0.228 e. The molecule has 1 aliphatic rings. The Balaban J connectivity index is 2.13. The smallest absolute Gasteiger partial charge is 0.228 e. The molecule has 1 aliphatic heterocycles. The predicted molar refractivity (Wildman–Crippen MR) is 70.0 cm³/mol. The highest BCUT2D eigenvalue weighted by Gasteiger charge is 2.26. The van der Waals surface area contributed by atoms with E-state index in [0.29, 0.717) is 6.42 Å². The van der Waals surface area contributed by atoms with Gasteiger partial charge in [-0.25, -0.2) is 0 Å². The molecule has 1 aromatic rings. The number of hydrogen-bond donors (Lipinski definition) is 1. The summed E-state index contributed by atoms with van der Waals surface area (Å²) in [6, 6.07) is 8.12. The molecule has 1 N–H and O–H groups in total. The van der Waals surface area contributed by atoms with Crippen molar-refractivity contribution in [2.45, 2.75) is 39.3 Å². The molecule has 1 fully saturated rings. The van der Waals surface area contributed by atoms with E-state index in [1.807, 2.05) is 23.1 Å². The third kappa shape index (κ3) is 2.86. The first kappa shape index (κ1) is 12.1. The summed E-state index contributed by atoms with van der Waals surface area (Å²) in [7, 11) is 0. The summed E-state index contributed by atoms with van der Waals surface area (Å²) in [6.07, 6.45) is 0.682. The molecule has 92 valence electrons. The van der Waals surface area contributed by atoms with Gasteiger partial charge >= 0.3 is 0 Å². The molecule has 1 saturated heterocycles. The van der Waals surface area contributed by atoms with Crippen LogP contribution >= 0.6 is 0 Å². The lowest BCUT2D eigenvalue weighted by Crippen LogP contribution is -2.44. The van der Waals surface area contributed by atoms with Crippen molar-refractivity contribution >= 4 is 11.6 Å². The fourth-order valence-electron chi connectivity index (χ4n) is 1.85. The number of anilines is 1. The minimum absolute atomic E-state index is 0.0894. The molecule has 0 aromatic heterocycles. The number of β-lactam (4-membered cyclic amide) rings is 1. The van der Waals surface area contributed by atoms with Crippen molar-refractivity contribution in [3.63, 3.8) is 0 Å². The average molecular weight is 232 g/mol. The number of rotatable bonds is 3. The SMILES string of the molecule is CC(C)(C)NCc1ccccc1N1CCC1=O. The molecular weight excluding hydrogens is 212 g/mol. The van der Waals surface area contributed by atoms with Gasteiger partial charge in [-0.15, -0.1) is 0 Å². The van der Waals surface area contributed by atoms with Gasteiger partial charge < -0.3 is 10.2 Å². The van der Waals surface area contributed by atoms with Gasteiger partial charge in [0.25, 0.3) is 0 Å². The van der Waals surface area contributed by atoms with E-state index in [0.717, 1.165) is 18.8 Å². The van der Waals surface area contributed by atoms with Crippen molar-refractivity contribution in [1.82, 2.24) is 5.32 Å². The standard InChI is InChI=1S/C14H20N2O/c1-14(2,3)15-10-11-6-4-5-7-12(11)16-9-8-13(16)17/h4-7,15H,8-10H2,1-3H3. The van der Waals surface area contributed by atoms with Crippen LogP contribution < -0.4 is 10.2 Å². The molecule has 0 unspecified atom stereocenters. The van der Waals surface area contributed by atoms with Gasteiger partial charge in [-0.1, -0.05) is 18.2 Å². The number of amides is 1.